The number of aryl methyl sites for hydroxylation is 1. The zero-order valence-electron chi connectivity index (χ0n) is 20.4. The fourth-order valence-corrected chi connectivity index (χ4v) is 4.17. The van der Waals surface area contributed by atoms with Gasteiger partial charge in [-0.3, -0.25) is 19.1 Å². The van der Waals surface area contributed by atoms with E-state index in [0.717, 1.165) is 16.8 Å². The number of nitrogens with one attached hydrogen (secondary N) is 1. The first-order valence-corrected chi connectivity index (χ1v) is 11.7. The summed E-state index contributed by atoms with van der Waals surface area (Å²) in [4.78, 5) is 31.6. The molecule has 2 aromatic carbocycles. The van der Waals surface area contributed by atoms with E-state index in [4.69, 9.17) is 26.1 Å². The molecule has 0 saturated carbocycles. The van der Waals surface area contributed by atoms with Crippen molar-refractivity contribution < 1.29 is 19.1 Å². The first-order valence-electron chi connectivity index (χ1n) is 11.3. The number of amides is 1. The van der Waals surface area contributed by atoms with E-state index in [2.05, 4.69) is 15.5 Å². The van der Waals surface area contributed by atoms with Gasteiger partial charge >= 0.3 is 0 Å². The number of carbonyl (C=O) groups excluding carboxylic acids is 2. The first-order chi connectivity index (χ1) is 17.3. The molecule has 0 spiro atoms. The summed E-state index contributed by atoms with van der Waals surface area (Å²) in [5.74, 6) is 1.11. The zero-order chi connectivity index (χ0) is 25.8. The van der Waals surface area contributed by atoms with Crippen molar-refractivity contribution >= 4 is 29.7 Å². The SMILES string of the molecule is COc1ccc2c(c1)C(c1ccc(Cl)cc1)=N[C@H](C(OC=O)C(=O)NCCN(C)C)c1nnc(C)n1-2. The Morgan fingerprint density at radius 1 is 1.22 bits per heavy atom. The normalized spacial score (nSPS) is 15.3. The maximum absolute atomic E-state index is 13.2. The number of methoxy groups -OCH3 is 1. The summed E-state index contributed by atoms with van der Waals surface area (Å²) in [5.41, 5.74) is 2.81. The van der Waals surface area contributed by atoms with Crippen LogP contribution in [0.25, 0.3) is 5.69 Å². The summed E-state index contributed by atoms with van der Waals surface area (Å²) in [5, 5.41) is 12.0. The van der Waals surface area contributed by atoms with Gasteiger partial charge in [0.15, 0.2) is 11.9 Å². The van der Waals surface area contributed by atoms with Crippen molar-refractivity contribution in [2.24, 2.45) is 4.99 Å². The smallest absolute Gasteiger partial charge is 0.293 e. The number of aliphatic imine (C=N–C) groups is 1. The largest absolute Gasteiger partial charge is 0.497 e. The molecule has 10 nitrogen and oxygen atoms in total. The number of hydrogen-bond acceptors (Lipinski definition) is 8. The summed E-state index contributed by atoms with van der Waals surface area (Å²) >= 11 is 6.14. The van der Waals surface area contributed by atoms with E-state index >= 15 is 0 Å². The second-order valence-electron chi connectivity index (χ2n) is 8.50. The average Bonchev–Trinajstić information content (AvgIpc) is 3.17. The number of halogens is 1. The van der Waals surface area contributed by atoms with Crippen molar-refractivity contribution in [2.45, 2.75) is 19.1 Å². The molecule has 3 aromatic rings. The van der Waals surface area contributed by atoms with Gasteiger partial charge in [-0.1, -0.05) is 23.7 Å². The molecule has 36 heavy (non-hydrogen) atoms. The number of nitrogens with zero attached hydrogens (tertiary/aromatic N) is 5. The topological polar surface area (TPSA) is 111 Å². The standard InChI is InChI=1S/C25H27ClN6O4/c1-15-29-30-24-22(23(36-14-33)25(34)27-11-12-31(2)3)28-21(16-5-7-17(26)8-6-16)19-13-18(35-4)9-10-20(19)32(15)24/h5-10,13-14,22-23H,11-12H2,1-4H3,(H,27,34)/t22-,23?/m1/s1. The van der Waals surface area contributed by atoms with Gasteiger partial charge in [0.05, 0.1) is 18.5 Å². The van der Waals surface area contributed by atoms with Crippen LogP contribution in [-0.4, -0.2) is 78.2 Å². The van der Waals surface area contributed by atoms with Gasteiger partial charge in [0.2, 0.25) is 6.10 Å². The number of fused-ring (bicyclic) bond motifs is 3. The molecule has 1 aliphatic heterocycles. The van der Waals surface area contributed by atoms with Crippen molar-refractivity contribution in [3.05, 3.63) is 70.3 Å². The molecule has 1 aromatic heterocycles. The summed E-state index contributed by atoms with van der Waals surface area (Å²) in [6.45, 7) is 3.04. The number of likely N-dealkylation sites (N-methyl/N-ethyl adjacent to an activating group) is 1. The third-order valence-electron chi connectivity index (χ3n) is 5.81. The highest BCUT2D eigenvalue weighted by molar-refractivity contribution is 6.30. The molecule has 4 rings (SSSR count). The Kier molecular flexibility index (Phi) is 7.66. The summed E-state index contributed by atoms with van der Waals surface area (Å²) in [6.07, 6.45) is -1.27. The van der Waals surface area contributed by atoms with E-state index in [1.54, 1.807) is 19.2 Å². The molecule has 1 unspecified atom stereocenters. The molecule has 0 bridgehead atoms. The summed E-state index contributed by atoms with van der Waals surface area (Å²) in [6, 6.07) is 11.8. The van der Waals surface area contributed by atoms with Crippen LogP contribution in [0.15, 0.2) is 47.5 Å². The van der Waals surface area contributed by atoms with Crippen LogP contribution in [-0.2, 0) is 14.3 Å². The molecule has 2 atom stereocenters. The van der Waals surface area contributed by atoms with Gasteiger partial charge in [0.1, 0.15) is 11.6 Å². The Labute approximate surface area is 213 Å². The van der Waals surface area contributed by atoms with Crippen molar-refractivity contribution in [1.82, 2.24) is 25.0 Å². The number of hydrogen-bond donors (Lipinski definition) is 1. The minimum Gasteiger partial charge on any atom is -0.497 e. The van der Waals surface area contributed by atoms with Gasteiger partial charge in [-0.25, -0.2) is 0 Å². The van der Waals surface area contributed by atoms with Crippen LogP contribution >= 0.6 is 11.6 Å². The van der Waals surface area contributed by atoms with E-state index in [0.29, 0.717) is 41.2 Å². The third-order valence-corrected chi connectivity index (χ3v) is 6.06. The quantitative estimate of drug-likeness (QED) is 0.440. The van der Waals surface area contributed by atoms with E-state index in [-0.39, 0.29) is 6.47 Å². The Morgan fingerprint density at radius 2 is 1.97 bits per heavy atom. The molecule has 0 radical (unpaired) electrons. The second-order valence-corrected chi connectivity index (χ2v) is 8.94. The highest BCUT2D eigenvalue weighted by Gasteiger charge is 2.38. The van der Waals surface area contributed by atoms with Gasteiger partial charge in [0, 0.05) is 29.2 Å². The molecule has 2 heterocycles. The fourth-order valence-electron chi connectivity index (χ4n) is 4.04. The highest BCUT2D eigenvalue weighted by atomic mass is 35.5. The lowest BCUT2D eigenvalue weighted by Gasteiger charge is -2.22. The van der Waals surface area contributed by atoms with E-state index in [9.17, 15) is 9.59 Å². The average molecular weight is 511 g/mol. The van der Waals surface area contributed by atoms with Gasteiger partial charge in [-0.05, 0) is 51.4 Å². The Morgan fingerprint density at radius 3 is 2.64 bits per heavy atom. The van der Waals surface area contributed by atoms with Crippen molar-refractivity contribution in [3.63, 3.8) is 0 Å². The van der Waals surface area contributed by atoms with E-state index in [1.807, 2.05) is 60.8 Å². The van der Waals surface area contributed by atoms with Crippen molar-refractivity contribution in [1.29, 1.82) is 0 Å². The number of carbonyl (C=O) groups is 2. The lowest BCUT2D eigenvalue weighted by atomic mass is 10.00. The van der Waals surface area contributed by atoms with Crippen LogP contribution in [0.2, 0.25) is 5.02 Å². The summed E-state index contributed by atoms with van der Waals surface area (Å²) < 4.78 is 12.6. The molecule has 1 aliphatic rings. The Hall–Kier alpha value is -3.76. The maximum Gasteiger partial charge on any atom is 0.293 e. The van der Waals surface area contributed by atoms with Crippen molar-refractivity contribution in [2.75, 3.05) is 34.3 Å². The number of ether oxygens (including phenoxy) is 2. The van der Waals surface area contributed by atoms with Crippen LogP contribution in [0, 0.1) is 6.92 Å². The van der Waals surface area contributed by atoms with Crippen LogP contribution in [0.4, 0.5) is 0 Å². The zero-order valence-corrected chi connectivity index (χ0v) is 21.2. The Balaban J connectivity index is 1.91. The predicted molar refractivity (Wildman–Crippen MR) is 135 cm³/mol. The maximum atomic E-state index is 13.2. The van der Waals surface area contributed by atoms with Gasteiger partial charge < -0.3 is 19.7 Å². The molecular formula is C25H27ClN6O4. The molecular weight excluding hydrogens is 484 g/mol. The minimum atomic E-state index is -1.27. The molecule has 0 aliphatic carbocycles. The summed E-state index contributed by atoms with van der Waals surface area (Å²) in [7, 11) is 5.38. The molecule has 0 saturated heterocycles. The van der Waals surface area contributed by atoms with Crippen molar-refractivity contribution in [3.8, 4) is 11.4 Å². The van der Waals surface area contributed by atoms with Crippen LogP contribution < -0.4 is 10.1 Å². The second kappa shape index (κ2) is 10.9. The first kappa shape index (κ1) is 25.3. The fraction of sp³-hybridized carbons (Fsp3) is 0.320. The van der Waals surface area contributed by atoms with Crippen LogP contribution in [0.5, 0.6) is 5.75 Å². The molecule has 1 amide bonds. The lowest BCUT2D eigenvalue weighted by Crippen LogP contribution is -2.42. The van der Waals surface area contributed by atoms with Crippen LogP contribution in [0.1, 0.15) is 28.8 Å². The van der Waals surface area contributed by atoms with E-state index in [1.165, 1.54) is 0 Å². The van der Waals surface area contributed by atoms with Crippen LogP contribution in [0.3, 0.4) is 0 Å². The molecule has 11 heteroatoms. The van der Waals surface area contributed by atoms with Gasteiger partial charge in [-0.2, -0.15) is 0 Å². The highest BCUT2D eigenvalue weighted by Crippen LogP contribution is 2.35. The predicted octanol–water partition coefficient (Wildman–Crippen LogP) is 2.35. The number of aromatic nitrogens is 3. The molecule has 1 N–H and O–H groups in total. The molecule has 0 fully saturated rings. The van der Waals surface area contributed by atoms with Gasteiger partial charge in [-0.15, -0.1) is 10.2 Å². The van der Waals surface area contributed by atoms with Gasteiger partial charge in [0.25, 0.3) is 12.4 Å². The number of rotatable bonds is 9. The van der Waals surface area contributed by atoms with E-state index < -0.39 is 18.1 Å². The number of benzene rings is 2. The third kappa shape index (κ3) is 5.09. The molecule has 188 valence electrons. The monoisotopic (exact) mass is 510 g/mol. The lowest BCUT2D eigenvalue weighted by molar-refractivity contribution is -0.146. The minimum absolute atomic E-state index is 0.252. The Bertz CT molecular complexity index is 1290.